The van der Waals surface area contributed by atoms with Crippen molar-refractivity contribution in [1.82, 2.24) is 14.8 Å². The molecule has 1 unspecified atom stereocenters. The average Bonchev–Trinajstić information content (AvgIpc) is 3.30. The second kappa shape index (κ2) is 10.2. The molecule has 0 amide bonds. The van der Waals surface area contributed by atoms with Gasteiger partial charge in [-0.15, -0.1) is 0 Å². The minimum atomic E-state index is -1.37. The number of aromatic nitrogens is 3. The molecule has 3 aromatic rings. The SMILES string of the molecule is CCCS(=O)Nc1cc(-c2cc(-n3cc(N4CCOCC4)cn3)cnc2N)cc(F)c1OC. The van der Waals surface area contributed by atoms with Crippen LogP contribution >= 0.6 is 0 Å². The number of pyridine rings is 1. The molecule has 0 aliphatic carbocycles. The number of benzene rings is 1. The summed E-state index contributed by atoms with van der Waals surface area (Å²) < 4.78 is 42.2. The Hall–Kier alpha value is -3.18. The number of ether oxygens (including phenoxy) is 2. The highest BCUT2D eigenvalue weighted by molar-refractivity contribution is 7.86. The molecule has 33 heavy (non-hydrogen) atoms. The van der Waals surface area contributed by atoms with E-state index in [1.54, 1.807) is 29.2 Å². The molecule has 1 fully saturated rings. The van der Waals surface area contributed by atoms with Gasteiger partial charge in [-0.05, 0) is 30.2 Å². The Bertz CT molecular complexity index is 1150. The lowest BCUT2D eigenvalue weighted by Crippen LogP contribution is -2.35. The van der Waals surface area contributed by atoms with E-state index >= 15 is 0 Å². The van der Waals surface area contributed by atoms with E-state index < -0.39 is 16.8 Å². The topological polar surface area (TPSA) is 108 Å². The molecule has 0 saturated carbocycles. The predicted octanol–water partition coefficient (Wildman–Crippen LogP) is 2.99. The number of morpholine rings is 1. The van der Waals surface area contributed by atoms with E-state index in [4.69, 9.17) is 15.2 Å². The molecule has 176 valence electrons. The van der Waals surface area contributed by atoms with Crippen LogP contribution in [0, 0.1) is 5.82 Å². The lowest BCUT2D eigenvalue weighted by atomic mass is 10.0. The first kappa shape index (κ1) is 23.0. The third-order valence-electron chi connectivity index (χ3n) is 5.29. The van der Waals surface area contributed by atoms with Crippen LogP contribution < -0.4 is 20.1 Å². The van der Waals surface area contributed by atoms with Crippen molar-refractivity contribution in [3.63, 3.8) is 0 Å². The Kier molecular flexibility index (Phi) is 7.09. The fourth-order valence-electron chi connectivity index (χ4n) is 3.65. The highest BCUT2D eigenvalue weighted by Crippen LogP contribution is 2.36. The molecule has 0 bridgehead atoms. The third kappa shape index (κ3) is 5.09. The maximum Gasteiger partial charge on any atom is 0.178 e. The fourth-order valence-corrected chi connectivity index (χ4v) is 4.52. The van der Waals surface area contributed by atoms with Gasteiger partial charge in [0.05, 0.1) is 56.0 Å². The Morgan fingerprint density at radius 2 is 2.03 bits per heavy atom. The van der Waals surface area contributed by atoms with E-state index in [2.05, 4.69) is 19.7 Å². The molecule has 9 nitrogen and oxygen atoms in total. The van der Waals surface area contributed by atoms with Gasteiger partial charge in [0.2, 0.25) is 0 Å². The van der Waals surface area contributed by atoms with Crippen LogP contribution in [0.4, 0.5) is 21.6 Å². The molecule has 1 aromatic carbocycles. The number of rotatable bonds is 8. The van der Waals surface area contributed by atoms with Crippen LogP contribution in [-0.4, -0.2) is 58.1 Å². The maximum absolute atomic E-state index is 14.8. The van der Waals surface area contributed by atoms with Crippen LogP contribution in [0.15, 0.2) is 36.8 Å². The molecule has 4 rings (SSSR count). The first-order valence-electron chi connectivity index (χ1n) is 10.7. The van der Waals surface area contributed by atoms with E-state index in [1.807, 2.05) is 13.1 Å². The number of hydrogen-bond donors (Lipinski definition) is 2. The Morgan fingerprint density at radius 1 is 1.24 bits per heavy atom. The number of halogens is 1. The average molecular weight is 475 g/mol. The van der Waals surface area contributed by atoms with E-state index in [0.717, 1.165) is 25.2 Å². The van der Waals surface area contributed by atoms with Gasteiger partial charge in [-0.3, -0.25) is 0 Å². The van der Waals surface area contributed by atoms with Gasteiger partial charge in [0.1, 0.15) is 16.8 Å². The van der Waals surface area contributed by atoms with Crippen LogP contribution in [0.1, 0.15) is 13.3 Å². The Morgan fingerprint density at radius 3 is 2.76 bits per heavy atom. The minimum absolute atomic E-state index is 0.00637. The largest absolute Gasteiger partial charge is 0.492 e. The van der Waals surface area contributed by atoms with E-state index in [-0.39, 0.29) is 17.3 Å². The van der Waals surface area contributed by atoms with E-state index in [9.17, 15) is 8.60 Å². The normalized spacial score (nSPS) is 14.8. The smallest absolute Gasteiger partial charge is 0.178 e. The number of nitrogens with two attached hydrogens (primary N) is 1. The van der Waals surface area contributed by atoms with Gasteiger partial charge in [-0.1, -0.05) is 6.92 Å². The summed E-state index contributed by atoms with van der Waals surface area (Å²) in [7, 11) is 0.000943. The highest BCUT2D eigenvalue weighted by atomic mass is 32.2. The zero-order valence-electron chi connectivity index (χ0n) is 18.6. The van der Waals surface area contributed by atoms with Crippen molar-refractivity contribution in [1.29, 1.82) is 0 Å². The Balaban J connectivity index is 1.68. The van der Waals surface area contributed by atoms with Crippen molar-refractivity contribution >= 4 is 28.2 Å². The molecule has 1 aliphatic rings. The minimum Gasteiger partial charge on any atom is -0.492 e. The van der Waals surface area contributed by atoms with Gasteiger partial charge in [0.15, 0.2) is 11.6 Å². The van der Waals surface area contributed by atoms with Gasteiger partial charge in [-0.25, -0.2) is 18.3 Å². The molecule has 0 radical (unpaired) electrons. The number of nitrogens with zero attached hydrogens (tertiary/aromatic N) is 4. The lowest BCUT2D eigenvalue weighted by Gasteiger charge is -2.27. The molecular formula is C22H27FN6O3S. The standard InChI is InChI=1S/C22H27FN6O3S/c1-3-8-33(30)27-20-10-15(9-19(23)21(20)31-2)18-11-16(12-25-22(18)24)29-14-17(13-26-29)28-4-6-32-7-5-28/h9-14,27H,3-8H2,1-2H3,(H2,24,25). The first-order chi connectivity index (χ1) is 16.0. The quantitative estimate of drug-likeness (QED) is 0.517. The fraction of sp³-hybridized carbons (Fsp3) is 0.364. The lowest BCUT2D eigenvalue weighted by molar-refractivity contribution is 0.122. The third-order valence-corrected chi connectivity index (χ3v) is 6.51. The summed E-state index contributed by atoms with van der Waals surface area (Å²) in [5, 5.41) is 4.46. The molecule has 3 N–H and O–H groups in total. The molecule has 11 heteroatoms. The van der Waals surface area contributed by atoms with Crippen molar-refractivity contribution in [2.24, 2.45) is 0 Å². The van der Waals surface area contributed by atoms with Gasteiger partial charge >= 0.3 is 0 Å². The van der Waals surface area contributed by atoms with Crippen LogP contribution in [0.5, 0.6) is 5.75 Å². The van der Waals surface area contributed by atoms with E-state index in [1.165, 1.54) is 13.2 Å². The molecule has 0 spiro atoms. The van der Waals surface area contributed by atoms with Gasteiger partial charge in [-0.2, -0.15) is 5.10 Å². The monoisotopic (exact) mass is 474 g/mol. The van der Waals surface area contributed by atoms with Crippen molar-refractivity contribution in [2.75, 3.05) is 54.5 Å². The van der Waals surface area contributed by atoms with E-state index in [0.29, 0.717) is 35.8 Å². The summed E-state index contributed by atoms with van der Waals surface area (Å²) in [6, 6.07) is 4.79. The molecule has 1 atom stereocenters. The molecule has 1 saturated heterocycles. The number of anilines is 3. The van der Waals surface area contributed by atoms with Crippen LogP contribution in [0.3, 0.4) is 0 Å². The zero-order chi connectivity index (χ0) is 23.4. The second-order valence-electron chi connectivity index (χ2n) is 7.56. The summed E-state index contributed by atoms with van der Waals surface area (Å²) in [6.45, 7) is 4.89. The molecule has 3 heterocycles. The number of nitrogen functional groups attached to an aromatic ring is 1. The van der Waals surface area contributed by atoms with Crippen molar-refractivity contribution in [3.8, 4) is 22.6 Å². The summed E-state index contributed by atoms with van der Waals surface area (Å²) in [5.74, 6) is 0.0704. The van der Waals surface area contributed by atoms with Crippen LogP contribution in [0.2, 0.25) is 0 Å². The number of hydrogen-bond acceptors (Lipinski definition) is 7. The van der Waals surface area contributed by atoms with Crippen LogP contribution in [-0.2, 0) is 15.7 Å². The molecular weight excluding hydrogens is 447 g/mol. The summed E-state index contributed by atoms with van der Waals surface area (Å²) in [6.07, 6.45) is 6.04. The van der Waals surface area contributed by atoms with Gasteiger partial charge in [0, 0.05) is 24.4 Å². The van der Waals surface area contributed by atoms with Gasteiger partial charge in [0.25, 0.3) is 0 Å². The summed E-state index contributed by atoms with van der Waals surface area (Å²) in [5.41, 5.74) is 9.11. The first-order valence-corrected chi connectivity index (χ1v) is 12.0. The summed E-state index contributed by atoms with van der Waals surface area (Å²) in [4.78, 5) is 6.50. The zero-order valence-corrected chi connectivity index (χ0v) is 19.4. The maximum atomic E-state index is 14.8. The van der Waals surface area contributed by atoms with Crippen molar-refractivity contribution < 1.29 is 18.1 Å². The second-order valence-corrected chi connectivity index (χ2v) is 8.86. The molecule has 2 aromatic heterocycles. The van der Waals surface area contributed by atoms with Crippen LogP contribution in [0.25, 0.3) is 16.8 Å². The number of nitrogens with one attached hydrogen (secondary N) is 1. The van der Waals surface area contributed by atoms with Gasteiger partial charge < -0.3 is 24.8 Å². The number of methoxy groups -OCH3 is 1. The highest BCUT2D eigenvalue weighted by Gasteiger charge is 2.18. The predicted molar refractivity (Wildman–Crippen MR) is 128 cm³/mol. The summed E-state index contributed by atoms with van der Waals surface area (Å²) >= 11 is 0. The van der Waals surface area contributed by atoms with Crippen molar-refractivity contribution in [3.05, 3.63) is 42.6 Å². The Labute approximate surface area is 194 Å². The van der Waals surface area contributed by atoms with Crippen molar-refractivity contribution in [2.45, 2.75) is 13.3 Å². The molecule has 1 aliphatic heterocycles.